The van der Waals surface area contributed by atoms with Gasteiger partial charge in [0.1, 0.15) is 6.10 Å². The molecule has 1 aromatic rings. The SMILES string of the molecule is CCCC(Cl)(Cl)C(=O)C1OC2CCC1CC2c1ccccc1. The number of benzene rings is 1. The Morgan fingerprint density at radius 1 is 1.27 bits per heavy atom. The van der Waals surface area contributed by atoms with Crippen LogP contribution in [0.5, 0.6) is 0 Å². The van der Waals surface area contributed by atoms with Gasteiger partial charge in [0.05, 0.1) is 6.10 Å². The molecule has 2 saturated heterocycles. The molecule has 0 aromatic heterocycles. The fourth-order valence-electron chi connectivity index (χ4n) is 3.88. The third-order valence-corrected chi connectivity index (χ3v) is 5.74. The molecule has 2 heterocycles. The van der Waals surface area contributed by atoms with Gasteiger partial charge in [-0.15, -0.1) is 0 Å². The number of hydrogen-bond donors (Lipinski definition) is 0. The van der Waals surface area contributed by atoms with Gasteiger partial charge in [-0.25, -0.2) is 0 Å². The number of hydrogen-bond acceptors (Lipinski definition) is 2. The first kappa shape index (κ1) is 16.3. The number of carbonyl (C=O) groups excluding carboxylic acids is 1. The molecule has 2 bridgehead atoms. The first-order valence-corrected chi connectivity index (χ1v) is 8.91. The Kier molecular flexibility index (Phi) is 4.82. The summed E-state index contributed by atoms with van der Waals surface area (Å²) < 4.78 is 4.82. The monoisotopic (exact) mass is 340 g/mol. The van der Waals surface area contributed by atoms with Crippen molar-refractivity contribution in [3.63, 3.8) is 0 Å². The second-order valence-corrected chi connectivity index (χ2v) is 7.99. The summed E-state index contributed by atoms with van der Waals surface area (Å²) in [4.78, 5) is 12.7. The number of alkyl halides is 2. The smallest absolute Gasteiger partial charge is 0.197 e. The van der Waals surface area contributed by atoms with E-state index in [1.165, 1.54) is 5.56 Å². The van der Waals surface area contributed by atoms with E-state index >= 15 is 0 Å². The molecule has 4 rings (SSSR count). The van der Waals surface area contributed by atoms with Gasteiger partial charge in [0.25, 0.3) is 0 Å². The Hall–Kier alpha value is -0.570. The van der Waals surface area contributed by atoms with E-state index in [9.17, 15) is 4.79 Å². The van der Waals surface area contributed by atoms with Crippen molar-refractivity contribution >= 4 is 29.0 Å². The topological polar surface area (TPSA) is 26.3 Å². The Bertz CT molecular complexity index is 529. The highest BCUT2D eigenvalue weighted by Crippen LogP contribution is 2.47. The second-order valence-electron chi connectivity index (χ2n) is 6.50. The van der Waals surface area contributed by atoms with Crippen molar-refractivity contribution in [3.8, 4) is 0 Å². The van der Waals surface area contributed by atoms with Gasteiger partial charge < -0.3 is 4.74 Å². The van der Waals surface area contributed by atoms with Gasteiger partial charge in [-0.05, 0) is 37.2 Å². The third kappa shape index (κ3) is 3.06. The minimum Gasteiger partial charge on any atom is -0.366 e. The van der Waals surface area contributed by atoms with Crippen molar-refractivity contribution in [2.75, 3.05) is 0 Å². The van der Waals surface area contributed by atoms with Crippen molar-refractivity contribution in [1.82, 2.24) is 0 Å². The van der Waals surface area contributed by atoms with E-state index in [1.807, 2.05) is 13.0 Å². The quantitative estimate of drug-likeness (QED) is 0.714. The number of ketones is 1. The van der Waals surface area contributed by atoms with E-state index < -0.39 is 10.4 Å². The molecule has 3 fully saturated rings. The second kappa shape index (κ2) is 6.51. The molecular formula is C18H22Cl2O2. The molecule has 2 nitrogen and oxygen atoms in total. The van der Waals surface area contributed by atoms with E-state index in [0.29, 0.717) is 12.3 Å². The van der Waals surface area contributed by atoms with Crippen LogP contribution in [0.1, 0.15) is 50.5 Å². The van der Waals surface area contributed by atoms with Crippen molar-refractivity contribution in [2.24, 2.45) is 5.92 Å². The predicted molar refractivity (Wildman–Crippen MR) is 89.5 cm³/mol. The molecule has 22 heavy (non-hydrogen) atoms. The van der Waals surface area contributed by atoms with E-state index in [4.69, 9.17) is 27.9 Å². The van der Waals surface area contributed by atoms with Gasteiger partial charge in [0.15, 0.2) is 10.1 Å². The summed E-state index contributed by atoms with van der Waals surface area (Å²) in [6.07, 6.45) is 3.97. The molecule has 0 radical (unpaired) electrons. The van der Waals surface area contributed by atoms with E-state index in [0.717, 1.165) is 25.7 Å². The summed E-state index contributed by atoms with van der Waals surface area (Å²) in [7, 11) is 0. The molecule has 1 saturated carbocycles. The minimum absolute atomic E-state index is 0.104. The number of fused-ring (bicyclic) bond motifs is 3. The number of rotatable bonds is 5. The van der Waals surface area contributed by atoms with Gasteiger partial charge in [0.2, 0.25) is 0 Å². The van der Waals surface area contributed by atoms with Crippen LogP contribution in [0.4, 0.5) is 0 Å². The van der Waals surface area contributed by atoms with Gasteiger partial charge in [-0.1, -0.05) is 66.9 Å². The van der Waals surface area contributed by atoms with Crippen molar-refractivity contribution in [2.45, 2.75) is 61.5 Å². The fourth-order valence-corrected chi connectivity index (χ4v) is 4.48. The van der Waals surface area contributed by atoms with Crippen LogP contribution in [0.2, 0.25) is 0 Å². The highest BCUT2D eigenvalue weighted by Gasteiger charge is 2.50. The van der Waals surface area contributed by atoms with E-state index in [2.05, 4.69) is 24.3 Å². The first-order chi connectivity index (χ1) is 10.5. The summed E-state index contributed by atoms with van der Waals surface area (Å²) in [5.41, 5.74) is 1.31. The largest absolute Gasteiger partial charge is 0.366 e. The van der Waals surface area contributed by atoms with Crippen LogP contribution >= 0.6 is 23.2 Å². The van der Waals surface area contributed by atoms with Crippen LogP contribution in [0.3, 0.4) is 0 Å². The van der Waals surface area contributed by atoms with Crippen LogP contribution < -0.4 is 0 Å². The van der Waals surface area contributed by atoms with Crippen LogP contribution in [0, 0.1) is 5.92 Å². The summed E-state index contributed by atoms with van der Waals surface area (Å²) in [5.74, 6) is 0.477. The van der Waals surface area contributed by atoms with Gasteiger partial charge in [0, 0.05) is 5.92 Å². The highest BCUT2D eigenvalue weighted by molar-refractivity contribution is 6.58. The summed E-state index contributed by atoms with van der Waals surface area (Å²) in [6.45, 7) is 1.98. The molecule has 0 spiro atoms. The van der Waals surface area contributed by atoms with Crippen LogP contribution in [0.25, 0.3) is 0 Å². The maximum atomic E-state index is 12.7. The average molecular weight is 341 g/mol. The lowest BCUT2D eigenvalue weighted by molar-refractivity contribution is -0.164. The summed E-state index contributed by atoms with van der Waals surface area (Å²) in [6, 6.07) is 10.4. The van der Waals surface area contributed by atoms with Crippen molar-refractivity contribution < 1.29 is 9.53 Å². The van der Waals surface area contributed by atoms with E-state index in [1.54, 1.807) is 0 Å². The Balaban J connectivity index is 1.74. The normalized spacial score (nSPS) is 31.2. The molecule has 4 atom stereocenters. The lowest BCUT2D eigenvalue weighted by Gasteiger charge is -2.47. The maximum absolute atomic E-state index is 12.7. The number of Topliss-reactive ketones (excluding diaryl/α,β-unsaturated/α-hetero) is 1. The van der Waals surface area contributed by atoms with Crippen LogP contribution in [-0.2, 0) is 9.53 Å². The number of carbonyl (C=O) groups is 1. The van der Waals surface area contributed by atoms with Gasteiger partial charge in [-0.2, -0.15) is 0 Å². The molecule has 2 aliphatic heterocycles. The van der Waals surface area contributed by atoms with Crippen LogP contribution in [-0.4, -0.2) is 22.3 Å². The molecule has 4 unspecified atom stereocenters. The Morgan fingerprint density at radius 3 is 2.59 bits per heavy atom. The molecule has 1 aliphatic carbocycles. The lowest BCUT2D eigenvalue weighted by atomic mass is 9.70. The molecule has 4 heteroatoms. The Morgan fingerprint density at radius 2 is 2.00 bits per heavy atom. The highest BCUT2D eigenvalue weighted by atomic mass is 35.5. The summed E-state index contributed by atoms with van der Waals surface area (Å²) in [5, 5.41) is 0. The predicted octanol–water partition coefficient (Wildman–Crippen LogP) is 4.88. The molecule has 0 amide bonds. The minimum atomic E-state index is -1.31. The first-order valence-electron chi connectivity index (χ1n) is 8.15. The van der Waals surface area contributed by atoms with Gasteiger partial charge in [-0.3, -0.25) is 4.79 Å². The molecule has 1 aromatic carbocycles. The molecule has 120 valence electrons. The lowest BCUT2D eigenvalue weighted by Crippen LogP contribution is -2.52. The average Bonchev–Trinajstić information content (AvgIpc) is 2.55. The maximum Gasteiger partial charge on any atom is 0.197 e. The zero-order valence-corrected chi connectivity index (χ0v) is 14.3. The molecular weight excluding hydrogens is 319 g/mol. The number of ether oxygens (including phenoxy) is 1. The Labute approximate surface area is 142 Å². The molecule has 0 N–H and O–H groups in total. The van der Waals surface area contributed by atoms with E-state index in [-0.39, 0.29) is 17.8 Å². The zero-order valence-electron chi connectivity index (χ0n) is 12.8. The summed E-state index contributed by atoms with van der Waals surface area (Å²) >= 11 is 12.5. The van der Waals surface area contributed by atoms with Crippen molar-refractivity contribution in [3.05, 3.63) is 35.9 Å². The molecule has 3 aliphatic rings. The van der Waals surface area contributed by atoms with Crippen LogP contribution in [0.15, 0.2) is 30.3 Å². The van der Waals surface area contributed by atoms with Gasteiger partial charge >= 0.3 is 0 Å². The standard InChI is InChI=1S/C18H22Cl2O2/c1-2-10-18(19,20)17(21)16-13-8-9-15(22-16)14(11-13)12-6-4-3-5-7-12/h3-7,13-16H,2,8-11H2,1H3. The fraction of sp³-hybridized carbons (Fsp3) is 0.611. The third-order valence-electron chi connectivity index (χ3n) is 4.99. The van der Waals surface area contributed by atoms with Crippen molar-refractivity contribution in [1.29, 1.82) is 0 Å². The number of halogens is 2. The zero-order chi connectivity index (χ0) is 15.7.